The molecule has 1 aromatic rings. The Morgan fingerprint density at radius 3 is 2.71 bits per heavy atom. The van der Waals surface area contributed by atoms with Crippen LogP contribution in [0.5, 0.6) is 0 Å². The first kappa shape index (κ1) is 23.3. The lowest BCUT2D eigenvalue weighted by atomic mass is 9.93. The van der Waals surface area contributed by atoms with E-state index in [0.717, 1.165) is 31.9 Å². The number of benzene rings is 1. The van der Waals surface area contributed by atoms with Gasteiger partial charge in [-0.3, -0.25) is 4.99 Å². The lowest BCUT2D eigenvalue weighted by molar-refractivity contribution is 0.510. The predicted octanol–water partition coefficient (Wildman–Crippen LogP) is 2.29. The summed E-state index contributed by atoms with van der Waals surface area (Å²) < 4.78 is 23.3. The minimum absolute atomic E-state index is 0. The number of halogens is 1. The van der Waals surface area contributed by atoms with Crippen LogP contribution in [0.2, 0.25) is 0 Å². The minimum atomic E-state index is -2.84. The zero-order chi connectivity index (χ0) is 19.4. The second-order valence-electron chi connectivity index (χ2n) is 8.22. The summed E-state index contributed by atoms with van der Waals surface area (Å²) in [5.41, 5.74) is 2.70. The van der Waals surface area contributed by atoms with E-state index in [1.165, 1.54) is 11.3 Å². The normalized spacial score (nSPS) is 23.9. The van der Waals surface area contributed by atoms with Gasteiger partial charge in [-0.05, 0) is 44.2 Å². The van der Waals surface area contributed by atoms with Gasteiger partial charge in [0.05, 0.1) is 11.5 Å². The summed E-state index contributed by atoms with van der Waals surface area (Å²) in [4.78, 5) is 7.12. The van der Waals surface area contributed by atoms with Crippen LogP contribution in [0.25, 0.3) is 0 Å². The van der Waals surface area contributed by atoms with Gasteiger partial charge in [-0.2, -0.15) is 0 Å². The number of hydrogen-bond acceptors (Lipinski definition) is 4. The van der Waals surface area contributed by atoms with Gasteiger partial charge in [-0.25, -0.2) is 8.42 Å². The van der Waals surface area contributed by atoms with Crippen molar-refractivity contribution in [2.75, 3.05) is 43.1 Å². The molecule has 0 aliphatic carbocycles. The third-order valence-electron chi connectivity index (χ3n) is 5.26. The molecule has 3 rings (SSSR count). The maximum absolute atomic E-state index is 11.6. The van der Waals surface area contributed by atoms with Crippen molar-refractivity contribution in [3.05, 3.63) is 29.8 Å². The first-order chi connectivity index (χ1) is 12.8. The number of rotatable bonds is 5. The van der Waals surface area contributed by atoms with Crippen molar-refractivity contribution in [1.82, 2.24) is 10.6 Å². The zero-order valence-electron chi connectivity index (χ0n) is 17.0. The number of nitrogens with zero attached hydrogens (tertiary/aromatic N) is 2. The lowest BCUT2D eigenvalue weighted by Crippen LogP contribution is -2.44. The van der Waals surface area contributed by atoms with Crippen LogP contribution in [0, 0.1) is 11.8 Å². The number of hydrogen-bond donors (Lipinski definition) is 2. The van der Waals surface area contributed by atoms with Crippen molar-refractivity contribution in [3.63, 3.8) is 0 Å². The molecule has 0 spiro atoms. The molecule has 0 radical (unpaired) electrons. The van der Waals surface area contributed by atoms with Crippen LogP contribution < -0.4 is 15.5 Å². The van der Waals surface area contributed by atoms with Gasteiger partial charge in [0, 0.05) is 44.3 Å². The molecule has 0 saturated carbocycles. The highest BCUT2D eigenvalue weighted by molar-refractivity contribution is 14.0. The molecule has 0 bridgehead atoms. The molecule has 158 valence electrons. The Bertz CT molecular complexity index is 782. The van der Waals surface area contributed by atoms with Crippen molar-refractivity contribution >= 4 is 45.5 Å². The number of anilines is 1. The standard InChI is InChI=1S/C20H32N4O2S.HI/c1-15(2)23-20(21-11-16-8-9-27(25,26)14-16)22-12-17-10-18-6-4-5-7-19(18)24(3)13-17;/h4-7,15-17H,8-14H2,1-3H3,(H2,21,22,23);1H. The van der Waals surface area contributed by atoms with Crippen LogP contribution in [0.15, 0.2) is 29.3 Å². The van der Waals surface area contributed by atoms with Crippen LogP contribution in [0.1, 0.15) is 25.8 Å². The van der Waals surface area contributed by atoms with Gasteiger partial charge in [0.2, 0.25) is 0 Å². The molecule has 2 aliphatic heterocycles. The summed E-state index contributed by atoms with van der Waals surface area (Å²) in [5.74, 6) is 2.05. The monoisotopic (exact) mass is 520 g/mol. The summed E-state index contributed by atoms with van der Waals surface area (Å²) in [6.07, 6.45) is 1.79. The van der Waals surface area contributed by atoms with E-state index in [4.69, 9.17) is 4.99 Å². The maximum Gasteiger partial charge on any atom is 0.191 e. The number of sulfone groups is 1. The smallest absolute Gasteiger partial charge is 0.191 e. The van der Waals surface area contributed by atoms with E-state index >= 15 is 0 Å². The van der Waals surface area contributed by atoms with Gasteiger partial charge in [-0.15, -0.1) is 24.0 Å². The third-order valence-corrected chi connectivity index (χ3v) is 7.10. The first-order valence-electron chi connectivity index (χ1n) is 9.86. The van der Waals surface area contributed by atoms with Crippen molar-refractivity contribution in [2.45, 2.75) is 32.7 Å². The van der Waals surface area contributed by atoms with Gasteiger partial charge in [-0.1, -0.05) is 18.2 Å². The molecule has 2 aliphatic rings. The number of guanidine groups is 1. The molecular formula is C20H33IN4O2S. The molecule has 8 heteroatoms. The summed E-state index contributed by atoms with van der Waals surface area (Å²) >= 11 is 0. The van der Waals surface area contributed by atoms with Crippen molar-refractivity contribution < 1.29 is 8.42 Å². The Balaban J connectivity index is 0.00000280. The number of fused-ring (bicyclic) bond motifs is 1. The minimum Gasteiger partial charge on any atom is -0.374 e. The van der Waals surface area contributed by atoms with E-state index in [9.17, 15) is 8.42 Å². The average molecular weight is 520 g/mol. The molecule has 2 unspecified atom stereocenters. The molecule has 0 aromatic heterocycles. The summed E-state index contributed by atoms with van der Waals surface area (Å²) in [6, 6.07) is 8.84. The number of para-hydroxylation sites is 1. The molecule has 2 atom stereocenters. The van der Waals surface area contributed by atoms with E-state index in [2.05, 4.69) is 60.7 Å². The average Bonchev–Trinajstić information content (AvgIpc) is 2.96. The van der Waals surface area contributed by atoms with Gasteiger partial charge in [0.1, 0.15) is 0 Å². The van der Waals surface area contributed by atoms with E-state index in [1.54, 1.807) is 0 Å². The van der Waals surface area contributed by atoms with Crippen molar-refractivity contribution in [1.29, 1.82) is 0 Å². The Morgan fingerprint density at radius 2 is 2.04 bits per heavy atom. The molecule has 1 fully saturated rings. The molecule has 6 nitrogen and oxygen atoms in total. The number of aliphatic imine (C=N–C) groups is 1. The lowest BCUT2D eigenvalue weighted by Gasteiger charge is -2.33. The predicted molar refractivity (Wildman–Crippen MR) is 128 cm³/mol. The highest BCUT2D eigenvalue weighted by Crippen LogP contribution is 2.28. The van der Waals surface area contributed by atoms with E-state index < -0.39 is 9.84 Å². The number of nitrogens with one attached hydrogen (secondary N) is 2. The largest absolute Gasteiger partial charge is 0.374 e. The highest BCUT2D eigenvalue weighted by Gasteiger charge is 2.28. The fourth-order valence-corrected chi connectivity index (χ4v) is 5.82. The van der Waals surface area contributed by atoms with Crippen LogP contribution >= 0.6 is 24.0 Å². The topological polar surface area (TPSA) is 73.8 Å². The van der Waals surface area contributed by atoms with E-state index in [-0.39, 0.29) is 35.9 Å². The van der Waals surface area contributed by atoms with Crippen LogP contribution in [0.4, 0.5) is 5.69 Å². The molecule has 0 amide bonds. The van der Waals surface area contributed by atoms with Crippen molar-refractivity contribution in [3.8, 4) is 0 Å². The van der Waals surface area contributed by atoms with Crippen molar-refractivity contribution in [2.24, 2.45) is 16.8 Å². The second-order valence-corrected chi connectivity index (χ2v) is 10.4. The molecule has 1 aromatic carbocycles. The maximum atomic E-state index is 11.6. The Morgan fingerprint density at radius 1 is 1.29 bits per heavy atom. The molecule has 28 heavy (non-hydrogen) atoms. The van der Waals surface area contributed by atoms with Crippen LogP contribution in [-0.4, -0.2) is 58.6 Å². The van der Waals surface area contributed by atoms with Crippen LogP contribution in [0.3, 0.4) is 0 Å². The highest BCUT2D eigenvalue weighted by atomic mass is 127. The first-order valence-corrected chi connectivity index (χ1v) is 11.7. The van der Waals surface area contributed by atoms with Gasteiger partial charge < -0.3 is 15.5 Å². The molecular weight excluding hydrogens is 487 g/mol. The molecule has 2 heterocycles. The van der Waals surface area contributed by atoms with Gasteiger partial charge in [0.15, 0.2) is 15.8 Å². The van der Waals surface area contributed by atoms with Crippen LogP contribution in [-0.2, 0) is 16.3 Å². The van der Waals surface area contributed by atoms with Gasteiger partial charge >= 0.3 is 0 Å². The van der Waals surface area contributed by atoms with Gasteiger partial charge in [0.25, 0.3) is 0 Å². The molecule has 1 saturated heterocycles. The third kappa shape index (κ3) is 6.50. The summed E-state index contributed by atoms with van der Waals surface area (Å²) in [6.45, 7) is 6.58. The summed E-state index contributed by atoms with van der Waals surface area (Å²) in [5, 5.41) is 6.73. The zero-order valence-corrected chi connectivity index (χ0v) is 20.2. The summed E-state index contributed by atoms with van der Waals surface area (Å²) in [7, 11) is -0.697. The SMILES string of the molecule is CC(C)NC(=NCC1Cc2ccccc2N(C)C1)NCC1CCS(=O)(=O)C1.I. The molecule has 2 N–H and O–H groups in total. The van der Waals surface area contributed by atoms with E-state index in [1.807, 2.05) is 0 Å². The fraction of sp³-hybridized carbons (Fsp3) is 0.650. The second kappa shape index (κ2) is 10.1. The quantitative estimate of drug-likeness (QED) is 0.354. The Labute approximate surface area is 186 Å². The van der Waals surface area contributed by atoms with E-state index in [0.29, 0.717) is 24.0 Å². The fourth-order valence-electron chi connectivity index (χ4n) is 3.96. The Kier molecular flexibility index (Phi) is 8.42. The Hall–Kier alpha value is -1.03.